The lowest BCUT2D eigenvalue weighted by Crippen LogP contribution is -2.22. The third kappa shape index (κ3) is 6.85. The van der Waals surface area contributed by atoms with Crippen LogP contribution in [0.3, 0.4) is 0 Å². The summed E-state index contributed by atoms with van der Waals surface area (Å²) in [6, 6.07) is 11.0. The van der Waals surface area contributed by atoms with Gasteiger partial charge in [-0.2, -0.15) is 0 Å². The van der Waals surface area contributed by atoms with E-state index in [0.29, 0.717) is 28.4 Å². The van der Waals surface area contributed by atoms with E-state index in [-0.39, 0.29) is 24.4 Å². The normalized spacial score (nSPS) is 11.1. The van der Waals surface area contributed by atoms with Gasteiger partial charge in [0.2, 0.25) is 10.0 Å². The second kappa shape index (κ2) is 10.2. The predicted octanol–water partition coefficient (Wildman–Crippen LogP) is 2.51. The van der Waals surface area contributed by atoms with E-state index in [9.17, 15) is 22.0 Å². The molecule has 0 fully saturated rings. The molecule has 1 heterocycles. The van der Waals surface area contributed by atoms with Crippen molar-refractivity contribution < 1.29 is 22.0 Å². The molecule has 174 valence electrons. The van der Waals surface area contributed by atoms with Crippen molar-refractivity contribution in [2.45, 2.75) is 6.54 Å². The van der Waals surface area contributed by atoms with E-state index < -0.39 is 27.6 Å². The molecule has 2 aromatic carbocycles. The molecule has 1 amide bonds. The number of primary amides is 1. The van der Waals surface area contributed by atoms with Crippen molar-refractivity contribution in [2.75, 3.05) is 27.7 Å². The molecule has 0 aliphatic rings. The zero-order valence-corrected chi connectivity index (χ0v) is 18.1. The van der Waals surface area contributed by atoms with Gasteiger partial charge in [0, 0.05) is 42.8 Å². The number of anilines is 4. The molecule has 0 saturated carbocycles. The number of amides is 1. The maximum absolute atomic E-state index is 13.4. The number of hydrogen-bond donors (Lipinski definition) is 5. The van der Waals surface area contributed by atoms with Crippen LogP contribution in [-0.4, -0.2) is 31.6 Å². The van der Waals surface area contributed by atoms with Crippen molar-refractivity contribution in [3.8, 4) is 0 Å². The van der Waals surface area contributed by atoms with Crippen molar-refractivity contribution in [2.24, 2.45) is 11.5 Å². The Morgan fingerprint density at radius 3 is 2.24 bits per heavy atom. The van der Waals surface area contributed by atoms with Crippen molar-refractivity contribution in [3.05, 3.63) is 77.5 Å². The second-order valence-corrected chi connectivity index (χ2v) is 8.86. The molecular formula is C21H22F2N6O3S. The fourth-order valence-electron chi connectivity index (χ4n) is 2.93. The highest BCUT2D eigenvalue weighted by molar-refractivity contribution is 7.92. The quantitative estimate of drug-likeness (QED) is 0.301. The van der Waals surface area contributed by atoms with Crippen LogP contribution in [0.25, 0.3) is 0 Å². The third-order valence-corrected chi connectivity index (χ3v) is 5.71. The van der Waals surface area contributed by atoms with Crippen LogP contribution >= 0.6 is 0 Å². The largest absolute Gasteiger partial charge is 0.380 e. The van der Waals surface area contributed by atoms with E-state index >= 15 is 0 Å². The fourth-order valence-corrected chi connectivity index (χ4v) is 3.84. The van der Waals surface area contributed by atoms with Gasteiger partial charge < -0.3 is 22.1 Å². The first-order valence-electron chi connectivity index (χ1n) is 9.71. The van der Waals surface area contributed by atoms with Crippen molar-refractivity contribution >= 4 is 38.8 Å². The number of rotatable bonds is 10. The lowest BCUT2D eigenvalue weighted by Gasteiger charge is -2.13. The Kier molecular flexibility index (Phi) is 7.41. The molecule has 0 bridgehead atoms. The molecule has 3 rings (SSSR count). The highest BCUT2D eigenvalue weighted by atomic mass is 32.2. The number of carbonyl (C=O) groups excluding carboxylic acids is 1. The van der Waals surface area contributed by atoms with E-state index in [1.54, 1.807) is 24.3 Å². The number of halogens is 2. The first-order chi connectivity index (χ1) is 15.6. The molecule has 0 aliphatic heterocycles. The summed E-state index contributed by atoms with van der Waals surface area (Å²) >= 11 is 0. The van der Waals surface area contributed by atoms with Gasteiger partial charge >= 0.3 is 0 Å². The van der Waals surface area contributed by atoms with Crippen LogP contribution in [0.15, 0.2) is 54.7 Å². The van der Waals surface area contributed by atoms with Crippen LogP contribution in [-0.2, 0) is 16.6 Å². The Morgan fingerprint density at radius 2 is 1.64 bits per heavy atom. The molecular weight excluding hydrogens is 454 g/mol. The SMILES string of the molecule is NCCS(=O)(=O)Nc1ccc(Nc2cc(NCc3cc(F)cc(F)c3)c(C(N)=O)cn2)cc1. The monoisotopic (exact) mass is 476 g/mol. The number of carbonyl (C=O) groups is 1. The second-order valence-electron chi connectivity index (χ2n) is 7.02. The number of nitrogens with two attached hydrogens (primary N) is 2. The van der Waals surface area contributed by atoms with Crippen molar-refractivity contribution in [1.82, 2.24) is 4.98 Å². The lowest BCUT2D eigenvalue weighted by atomic mass is 10.1. The van der Waals surface area contributed by atoms with Crippen LogP contribution in [0.2, 0.25) is 0 Å². The summed E-state index contributed by atoms with van der Waals surface area (Å²) in [6.07, 6.45) is 1.27. The van der Waals surface area contributed by atoms with Gasteiger partial charge in [0.05, 0.1) is 17.0 Å². The summed E-state index contributed by atoms with van der Waals surface area (Å²) < 4.78 is 52.9. The molecule has 0 atom stereocenters. The van der Waals surface area contributed by atoms with Gasteiger partial charge in [0.15, 0.2) is 0 Å². The smallest absolute Gasteiger partial charge is 0.252 e. The highest BCUT2D eigenvalue weighted by Crippen LogP contribution is 2.23. The van der Waals surface area contributed by atoms with E-state index in [2.05, 4.69) is 20.3 Å². The Hall–Kier alpha value is -3.77. The number of benzene rings is 2. The number of pyridine rings is 1. The van der Waals surface area contributed by atoms with E-state index in [4.69, 9.17) is 11.5 Å². The average Bonchev–Trinajstić information content (AvgIpc) is 2.72. The van der Waals surface area contributed by atoms with E-state index in [0.717, 1.165) is 6.07 Å². The zero-order chi connectivity index (χ0) is 24.0. The van der Waals surface area contributed by atoms with E-state index in [1.807, 2.05) is 0 Å². The van der Waals surface area contributed by atoms with Crippen molar-refractivity contribution in [1.29, 1.82) is 0 Å². The number of nitrogens with one attached hydrogen (secondary N) is 3. The molecule has 33 heavy (non-hydrogen) atoms. The predicted molar refractivity (Wildman–Crippen MR) is 123 cm³/mol. The standard InChI is InChI=1S/C21H22F2N6O3S/c22-14-7-13(8-15(23)9-14)11-26-19-10-20(27-12-18(19)21(25)30)28-16-1-3-17(4-2-16)29-33(31,32)6-5-24/h1-4,7-10,12,29H,5-6,11,24H2,(H2,25,30)(H2,26,27,28). The first-order valence-corrected chi connectivity index (χ1v) is 11.4. The Labute approximate surface area is 189 Å². The van der Waals surface area contributed by atoms with Gasteiger partial charge in [-0.3, -0.25) is 9.52 Å². The summed E-state index contributed by atoms with van der Waals surface area (Å²) in [4.78, 5) is 15.9. The summed E-state index contributed by atoms with van der Waals surface area (Å²) in [7, 11) is -3.52. The fraction of sp³-hybridized carbons (Fsp3) is 0.143. The minimum atomic E-state index is -3.52. The molecule has 3 aromatic rings. The molecule has 0 saturated heterocycles. The summed E-state index contributed by atoms with van der Waals surface area (Å²) in [5, 5.41) is 5.96. The summed E-state index contributed by atoms with van der Waals surface area (Å²) in [6.45, 7) is 0.0442. The Balaban J connectivity index is 1.75. The van der Waals surface area contributed by atoms with Crippen LogP contribution in [0, 0.1) is 11.6 Å². The topological polar surface area (TPSA) is 152 Å². The average molecular weight is 477 g/mol. The van der Waals surface area contributed by atoms with Gasteiger partial charge in [-0.05, 0) is 42.0 Å². The minimum Gasteiger partial charge on any atom is -0.380 e. The molecule has 12 heteroatoms. The molecule has 1 aromatic heterocycles. The minimum absolute atomic E-state index is 0.00641. The van der Waals surface area contributed by atoms with Crippen molar-refractivity contribution in [3.63, 3.8) is 0 Å². The summed E-state index contributed by atoms with van der Waals surface area (Å²) in [5.41, 5.74) is 12.4. The maximum atomic E-state index is 13.4. The Bertz CT molecular complexity index is 1230. The van der Waals surface area contributed by atoms with Gasteiger partial charge in [-0.1, -0.05) is 0 Å². The van der Waals surface area contributed by atoms with Gasteiger partial charge in [0.25, 0.3) is 5.91 Å². The molecule has 7 N–H and O–H groups in total. The lowest BCUT2D eigenvalue weighted by molar-refractivity contribution is 0.100. The number of sulfonamides is 1. The van der Waals surface area contributed by atoms with Crippen LogP contribution in [0.1, 0.15) is 15.9 Å². The third-order valence-electron chi connectivity index (χ3n) is 4.39. The molecule has 0 radical (unpaired) electrons. The van der Waals surface area contributed by atoms with Crippen LogP contribution in [0.5, 0.6) is 0 Å². The summed E-state index contributed by atoms with van der Waals surface area (Å²) in [5.74, 6) is -2.00. The number of nitrogens with zero attached hydrogens (tertiary/aromatic N) is 1. The number of aromatic nitrogens is 1. The molecule has 9 nitrogen and oxygen atoms in total. The zero-order valence-electron chi connectivity index (χ0n) is 17.3. The molecule has 0 spiro atoms. The van der Waals surface area contributed by atoms with Crippen LogP contribution in [0.4, 0.5) is 31.7 Å². The number of hydrogen-bond acceptors (Lipinski definition) is 7. The molecule has 0 unspecified atom stereocenters. The van der Waals surface area contributed by atoms with E-state index in [1.165, 1.54) is 24.4 Å². The van der Waals surface area contributed by atoms with Gasteiger partial charge in [-0.15, -0.1) is 0 Å². The Morgan fingerprint density at radius 1 is 1.00 bits per heavy atom. The highest BCUT2D eigenvalue weighted by Gasteiger charge is 2.12. The first kappa shape index (κ1) is 23.9. The molecule has 0 aliphatic carbocycles. The van der Waals surface area contributed by atoms with Gasteiger partial charge in [-0.25, -0.2) is 22.2 Å². The van der Waals surface area contributed by atoms with Crippen LogP contribution < -0.4 is 26.8 Å². The maximum Gasteiger partial charge on any atom is 0.252 e. The van der Waals surface area contributed by atoms with Gasteiger partial charge in [0.1, 0.15) is 17.5 Å².